The summed E-state index contributed by atoms with van der Waals surface area (Å²) in [6, 6.07) is 5.96. The summed E-state index contributed by atoms with van der Waals surface area (Å²) in [5.41, 5.74) is 0.120. The predicted molar refractivity (Wildman–Crippen MR) is 100 cm³/mol. The minimum Gasteiger partial charge on any atom is -0.481 e. The van der Waals surface area contributed by atoms with Gasteiger partial charge in [0, 0.05) is 45.5 Å². The first-order valence-electron chi connectivity index (χ1n) is 9.02. The van der Waals surface area contributed by atoms with Crippen LogP contribution < -0.4 is 0 Å². The van der Waals surface area contributed by atoms with E-state index in [-0.39, 0.29) is 48.4 Å². The van der Waals surface area contributed by atoms with Crippen molar-refractivity contribution >= 4 is 27.8 Å². The molecule has 2 atom stereocenters. The van der Waals surface area contributed by atoms with Crippen LogP contribution in [0.25, 0.3) is 0 Å². The Balaban J connectivity index is 0.000000687. The largest absolute Gasteiger partial charge is 0.481 e. The molecule has 0 unspecified atom stereocenters. The Hall–Kier alpha value is -2.50. The number of piperidine rings is 1. The highest BCUT2D eigenvalue weighted by atomic mass is 32.2. The molecule has 1 aromatic carbocycles. The van der Waals surface area contributed by atoms with Gasteiger partial charge in [0.25, 0.3) is 21.9 Å². The molecule has 0 aliphatic carbocycles. The van der Waals surface area contributed by atoms with E-state index >= 15 is 0 Å². The Kier molecular flexibility index (Phi) is 7.33. The van der Waals surface area contributed by atoms with E-state index in [9.17, 15) is 23.1 Å². The van der Waals surface area contributed by atoms with Crippen LogP contribution in [-0.4, -0.2) is 83.1 Å². The highest BCUT2D eigenvalue weighted by Crippen LogP contribution is 2.30. The molecule has 10 nitrogen and oxygen atoms in total. The number of aliphatic hydroxyl groups is 2. The first-order valence-corrected chi connectivity index (χ1v) is 10.5. The van der Waals surface area contributed by atoms with Gasteiger partial charge in [-0.15, -0.1) is 0 Å². The average Bonchev–Trinajstić information content (AvgIpc) is 2.85. The van der Waals surface area contributed by atoms with Crippen LogP contribution in [0, 0.1) is 5.92 Å². The molecule has 1 aromatic rings. The van der Waals surface area contributed by atoms with Crippen LogP contribution in [0.2, 0.25) is 0 Å². The number of benzene rings is 1. The Morgan fingerprint density at radius 1 is 1.24 bits per heavy atom. The van der Waals surface area contributed by atoms with Crippen molar-refractivity contribution in [3.63, 3.8) is 0 Å². The second-order valence-electron chi connectivity index (χ2n) is 6.79. The number of carbonyl (C=O) groups excluding carboxylic acids is 2. The zero-order valence-corrected chi connectivity index (χ0v) is 16.7. The van der Waals surface area contributed by atoms with Gasteiger partial charge in [-0.3, -0.25) is 14.4 Å². The van der Waals surface area contributed by atoms with Gasteiger partial charge in [0.2, 0.25) is 5.91 Å². The highest BCUT2D eigenvalue weighted by Gasteiger charge is 2.41. The summed E-state index contributed by atoms with van der Waals surface area (Å²) >= 11 is 0. The van der Waals surface area contributed by atoms with Crippen molar-refractivity contribution in [3.05, 3.63) is 29.8 Å². The Labute approximate surface area is 168 Å². The molecule has 0 saturated carbocycles. The fraction of sp³-hybridized carbons (Fsp3) is 0.500. The number of sulfonamides is 1. The minimum atomic E-state index is -3.91. The summed E-state index contributed by atoms with van der Waals surface area (Å²) < 4.78 is 25.6. The first-order chi connectivity index (χ1) is 13.6. The fourth-order valence-electron chi connectivity index (χ4n) is 3.23. The van der Waals surface area contributed by atoms with Crippen LogP contribution in [0.15, 0.2) is 29.2 Å². The van der Waals surface area contributed by atoms with Gasteiger partial charge in [-0.2, -0.15) is 0 Å². The van der Waals surface area contributed by atoms with Gasteiger partial charge >= 0.3 is 0 Å². The number of rotatable bonds is 4. The molecule has 11 heteroatoms. The van der Waals surface area contributed by atoms with Gasteiger partial charge in [0.15, 0.2) is 0 Å². The first kappa shape index (κ1) is 22.8. The standard InChI is InChI=1S/C16H20N2O6S.C2H4O2/c19-10-11-5-7-17(9-13(11)20)15(21)6-8-18-16(22)12-3-1-2-4-14(12)25(18,23)24;1-2(3)4/h1-4,11,13,19-20H,5-10H2;1H3,(H,3,4)/t11-,13-;/m1./s1. The van der Waals surface area contributed by atoms with Crippen LogP contribution in [0.5, 0.6) is 0 Å². The smallest absolute Gasteiger partial charge is 0.300 e. The molecule has 3 N–H and O–H groups in total. The summed E-state index contributed by atoms with van der Waals surface area (Å²) in [6.07, 6.45) is -0.463. The van der Waals surface area contributed by atoms with E-state index in [1.165, 1.54) is 17.0 Å². The molecule has 29 heavy (non-hydrogen) atoms. The quantitative estimate of drug-likeness (QED) is 0.581. The zero-order valence-electron chi connectivity index (χ0n) is 15.9. The lowest BCUT2D eigenvalue weighted by molar-refractivity contribution is -0.136. The van der Waals surface area contributed by atoms with Crippen molar-refractivity contribution in [1.82, 2.24) is 9.21 Å². The van der Waals surface area contributed by atoms with Crippen LogP contribution in [-0.2, 0) is 19.6 Å². The number of β-amino-alcohol motifs (C(OH)–C–C–N with tert-alkyl or cyclic N) is 1. The van der Waals surface area contributed by atoms with E-state index in [2.05, 4.69) is 0 Å². The third kappa shape index (κ3) is 5.11. The zero-order chi connectivity index (χ0) is 21.8. The maximum absolute atomic E-state index is 12.4. The third-order valence-corrected chi connectivity index (χ3v) is 6.59. The number of carboxylic acids is 1. The van der Waals surface area contributed by atoms with E-state index in [0.717, 1.165) is 11.2 Å². The van der Waals surface area contributed by atoms with Crippen molar-refractivity contribution < 1.29 is 38.1 Å². The van der Waals surface area contributed by atoms with Crippen molar-refractivity contribution in [2.24, 2.45) is 5.92 Å². The van der Waals surface area contributed by atoms with Crippen LogP contribution in [0.4, 0.5) is 0 Å². The molecule has 160 valence electrons. The van der Waals surface area contributed by atoms with E-state index < -0.39 is 28.0 Å². The van der Waals surface area contributed by atoms with Crippen molar-refractivity contribution in [3.8, 4) is 0 Å². The number of hydrogen-bond donors (Lipinski definition) is 3. The summed E-state index contributed by atoms with van der Waals surface area (Å²) in [7, 11) is -3.91. The number of likely N-dealkylation sites (tertiary alicyclic amines) is 1. The number of aliphatic hydroxyl groups excluding tert-OH is 2. The predicted octanol–water partition coefficient (Wildman–Crippen LogP) is -0.486. The second-order valence-corrected chi connectivity index (χ2v) is 8.62. The SMILES string of the molecule is CC(=O)O.O=C(CCN1C(=O)c2ccccc2S1(=O)=O)N1CC[C@H](CO)[C@H](O)C1. The van der Waals surface area contributed by atoms with E-state index in [4.69, 9.17) is 15.0 Å². The van der Waals surface area contributed by atoms with Crippen LogP contribution in [0.3, 0.4) is 0 Å². The lowest BCUT2D eigenvalue weighted by atomic mass is 9.94. The molecule has 3 rings (SSSR count). The second kappa shape index (κ2) is 9.33. The minimum absolute atomic E-state index is 0.0355. The molecule has 0 bridgehead atoms. The maximum Gasteiger partial charge on any atom is 0.300 e. The van der Waals surface area contributed by atoms with Gasteiger partial charge < -0.3 is 20.2 Å². The molecule has 0 radical (unpaired) electrons. The molecular weight excluding hydrogens is 404 g/mol. The Bertz CT molecular complexity index is 882. The molecule has 2 amide bonds. The van der Waals surface area contributed by atoms with Gasteiger partial charge in [-0.1, -0.05) is 12.1 Å². The van der Waals surface area contributed by atoms with Gasteiger partial charge in [0.1, 0.15) is 4.90 Å². The van der Waals surface area contributed by atoms with Gasteiger partial charge in [-0.05, 0) is 18.6 Å². The Morgan fingerprint density at radius 3 is 2.41 bits per heavy atom. The number of amides is 2. The molecular formula is C18H24N2O8S. The number of carboxylic acid groups (broad SMARTS) is 1. The summed E-state index contributed by atoms with van der Waals surface area (Å²) in [5, 5.41) is 26.4. The summed E-state index contributed by atoms with van der Waals surface area (Å²) in [4.78, 5) is 35.0. The highest BCUT2D eigenvalue weighted by molar-refractivity contribution is 7.90. The normalized spacial score (nSPS) is 22.5. The molecule has 2 aliphatic heterocycles. The van der Waals surface area contributed by atoms with Crippen molar-refractivity contribution in [1.29, 1.82) is 0 Å². The average molecular weight is 428 g/mol. The molecule has 2 heterocycles. The fourth-order valence-corrected chi connectivity index (χ4v) is 4.80. The molecule has 1 fully saturated rings. The lowest BCUT2D eigenvalue weighted by Crippen LogP contribution is -2.48. The number of nitrogens with zero attached hydrogens (tertiary/aromatic N) is 2. The number of hydrogen-bond acceptors (Lipinski definition) is 7. The number of fused-ring (bicyclic) bond motifs is 1. The molecule has 0 spiro atoms. The molecule has 0 aromatic heterocycles. The third-order valence-electron chi connectivity index (χ3n) is 4.75. The molecule has 2 aliphatic rings. The molecule has 1 saturated heterocycles. The monoisotopic (exact) mass is 428 g/mol. The van der Waals surface area contributed by atoms with E-state index in [1.807, 2.05) is 0 Å². The van der Waals surface area contributed by atoms with Crippen LogP contribution >= 0.6 is 0 Å². The van der Waals surface area contributed by atoms with Crippen LogP contribution in [0.1, 0.15) is 30.1 Å². The summed E-state index contributed by atoms with van der Waals surface area (Å²) in [5.74, 6) is -2.03. The van der Waals surface area contributed by atoms with Gasteiger partial charge in [-0.25, -0.2) is 12.7 Å². The van der Waals surface area contributed by atoms with Crippen molar-refractivity contribution in [2.75, 3.05) is 26.2 Å². The van der Waals surface area contributed by atoms with Gasteiger partial charge in [0.05, 0.1) is 11.7 Å². The number of carbonyl (C=O) groups is 3. The summed E-state index contributed by atoms with van der Waals surface area (Å²) in [6.45, 7) is 1.21. The topological polar surface area (TPSA) is 153 Å². The van der Waals surface area contributed by atoms with E-state index in [0.29, 0.717) is 13.0 Å². The van der Waals surface area contributed by atoms with Crippen molar-refractivity contribution in [2.45, 2.75) is 30.8 Å². The Morgan fingerprint density at radius 2 is 1.86 bits per heavy atom. The maximum atomic E-state index is 12.4. The lowest BCUT2D eigenvalue weighted by Gasteiger charge is -2.35. The van der Waals surface area contributed by atoms with E-state index in [1.54, 1.807) is 12.1 Å². The number of aliphatic carboxylic acids is 1.